The molecule has 0 aliphatic heterocycles. The molecule has 0 radical (unpaired) electrons. The van der Waals surface area contributed by atoms with Crippen molar-refractivity contribution in [1.82, 2.24) is 9.38 Å². The fraction of sp³-hybridized carbons (Fsp3) is 0.200. The molecule has 14 heavy (non-hydrogen) atoms. The van der Waals surface area contributed by atoms with Crippen LogP contribution < -0.4 is 0 Å². The smallest absolute Gasteiger partial charge is 0.340 e. The Kier molecular flexibility index (Phi) is 2.18. The molecule has 0 unspecified atom stereocenters. The van der Waals surface area contributed by atoms with E-state index in [1.165, 1.54) is 0 Å². The first kappa shape index (κ1) is 8.74. The van der Waals surface area contributed by atoms with Crippen LogP contribution >= 0.6 is 0 Å². The highest BCUT2D eigenvalue weighted by Crippen LogP contribution is 2.12. The van der Waals surface area contributed by atoms with Crippen LogP contribution in [0.5, 0.6) is 0 Å². The predicted octanol–water partition coefficient (Wildman–Crippen LogP) is 1.51. The molecule has 2 aromatic heterocycles. The predicted molar refractivity (Wildman–Crippen MR) is 51.1 cm³/mol. The van der Waals surface area contributed by atoms with Gasteiger partial charge in [0.05, 0.1) is 23.9 Å². The van der Waals surface area contributed by atoms with E-state index < -0.39 is 0 Å². The molecule has 0 amide bonds. The van der Waals surface area contributed by atoms with Crippen molar-refractivity contribution in [2.24, 2.45) is 0 Å². The summed E-state index contributed by atoms with van der Waals surface area (Å²) >= 11 is 0. The van der Waals surface area contributed by atoms with Gasteiger partial charge in [-0.3, -0.25) is 4.98 Å². The topological polar surface area (TPSA) is 43.6 Å². The van der Waals surface area contributed by atoms with Crippen molar-refractivity contribution in [1.29, 1.82) is 0 Å². The van der Waals surface area contributed by atoms with Gasteiger partial charge in [-0.05, 0) is 13.0 Å². The van der Waals surface area contributed by atoms with Crippen molar-refractivity contribution in [3.63, 3.8) is 0 Å². The quantitative estimate of drug-likeness (QED) is 0.674. The summed E-state index contributed by atoms with van der Waals surface area (Å²) in [5.74, 6) is -0.303. The summed E-state index contributed by atoms with van der Waals surface area (Å²) in [4.78, 5) is 15.4. The molecule has 0 atom stereocenters. The highest BCUT2D eigenvalue weighted by Gasteiger charge is 2.11. The summed E-state index contributed by atoms with van der Waals surface area (Å²) in [6.07, 6.45) is 6.91. The molecular formula is C10H10N2O2. The van der Waals surface area contributed by atoms with E-state index in [4.69, 9.17) is 4.74 Å². The van der Waals surface area contributed by atoms with Gasteiger partial charge in [0.15, 0.2) is 0 Å². The monoisotopic (exact) mass is 190 g/mol. The lowest BCUT2D eigenvalue weighted by Gasteiger charge is -1.99. The summed E-state index contributed by atoms with van der Waals surface area (Å²) in [7, 11) is 0. The first-order valence-electron chi connectivity index (χ1n) is 4.40. The lowest BCUT2D eigenvalue weighted by Crippen LogP contribution is -2.04. The average molecular weight is 190 g/mol. The second-order valence-corrected chi connectivity index (χ2v) is 2.82. The summed E-state index contributed by atoms with van der Waals surface area (Å²) in [6.45, 7) is 2.17. The molecule has 4 heteroatoms. The van der Waals surface area contributed by atoms with Crippen LogP contribution in [0.3, 0.4) is 0 Å². The zero-order valence-corrected chi connectivity index (χ0v) is 7.80. The molecule has 0 saturated heterocycles. The molecule has 0 aliphatic rings. The number of nitrogens with zero attached hydrogens (tertiary/aromatic N) is 2. The van der Waals surface area contributed by atoms with Crippen molar-refractivity contribution in [2.45, 2.75) is 6.92 Å². The van der Waals surface area contributed by atoms with Crippen LogP contribution in [0.4, 0.5) is 0 Å². The molecule has 0 bridgehead atoms. The van der Waals surface area contributed by atoms with E-state index >= 15 is 0 Å². The Labute approximate surface area is 81.1 Å². The van der Waals surface area contributed by atoms with Gasteiger partial charge >= 0.3 is 5.97 Å². The number of rotatable bonds is 2. The van der Waals surface area contributed by atoms with E-state index in [9.17, 15) is 4.79 Å². The van der Waals surface area contributed by atoms with Gasteiger partial charge in [0.25, 0.3) is 0 Å². The van der Waals surface area contributed by atoms with Crippen LogP contribution in [0.1, 0.15) is 17.3 Å². The lowest BCUT2D eigenvalue weighted by atomic mass is 10.3. The number of hydrogen-bond donors (Lipinski definition) is 0. The van der Waals surface area contributed by atoms with E-state index in [2.05, 4.69) is 4.98 Å². The second kappa shape index (κ2) is 3.49. The van der Waals surface area contributed by atoms with Crippen LogP contribution in [0, 0.1) is 0 Å². The highest BCUT2D eigenvalue weighted by atomic mass is 16.5. The minimum atomic E-state index is -0.303. The lowest BCUT2D eigenvalue weighted by molar-refractivity contribution is 0.0529. The van der Waals surface area contributed by atoms with Crippen LogP contribution in [-0.2, 0) is 4.74 Å². The van der Waals surface area contributed by atoms with Crippen LogP contribution in [0.2, 0.25) is 0 Å². The van der Waals surface area contributed by atoms with Crippen LogP contribution in [0.15, 0.2) is 30.9 Å². The minimum Gasteiger partial charge on any atom is -0.462 e. The average Bonchev–Trinajstić information content (AvgIpc) is 2.61. The van der Waals surface area contributed by atoms with Crippen molar-refractivity contribution < 1.29 is 9.53 Å². The Morgan fingerprint density at radius 2 is 2.43 bits per heavy atom. The molecule has 72 valence electrons. The molecule has 0 aliphatic carbocycles. The Balaban J connectivity index is 2.47. The number of aromatic nitrogens is 2. The van der Waals surface area contributed by atoms with Crippen molar-refractivity contribution in [3.05, 3.63) is 36.4 Å². The molecule has 0 N–H and O–H groups in total. The Bertz CT molecular complexity index is 462. The van der Waals surface area contributed by atoms with Gasteiger partial charge in [0.2, 0.25) is 0 Å². The maximum Gasteiger partial charge on any atom is 0.340 e. The largest absolute Gasteiger partial charge is 0.462 e. The van der Waals surface area contributed by atoms with Gasteiger partial charge in [0.1, 0.15) is 0 Å². The van der Waals surface area contributed by atoms with E-state index in [0.717, 1.165) is 5.52 Å². The van der Waals surface area contributed by atoms with Gasteiger partial charge in [-0.2, -0.15) is 0 Å². The third-order valence-electron chi connectivity index (χ3n) is 1.96. The van der Waals surface area contributed by atoms with Gasteiger partial charge in [-0.15, -0.1) is 0 Å². The number of carbonyl (C=O) groups is 1. The zero-order valence-electron chi connectivity index (χ0n) is 7.80. The molecule has 2 heterocycles. The summed E-state index contributed by atoms with van der Waals surface area (Å²) in [5, 5.41) is 0. The van der Waals surface area contributed by atoms with E-state index in [0.29, 0.717) is 12.2 Å². The maximum atomic E-state index is 11.5. The number of esters is 1. The van der Waals surface area contributed by atoms with Crippen molar-refractivity contribution in [3.8, 4) is 0 Å². The molecule has 2 rings (SSSR count). The SMILES string of the molecule is CCOC(=O)c1ccn2ccncc12. The first-order valence-corrected chi connectivity index (χ1v) is 4.40. The maximum absolute atomic E-state index is 11.5. The van der Waals surface area contributed by atoms with Crippen molar-refractivity contribution in [2.75, 3.05) is 6.61 Å². The molecule has 0 saturated carbocycles. The van der Waals surface area contributed by atoms with Gasteiger partial charge in [0, 0.05) is 18.6 Å². The summed E-state index contributed by atoms with van der Waals surface area (Å²) in [5.41, 5.74) is 1.32. The standard InChI is InChI=1S/C10H10N2O2/c1-2-14-10(13)8-3-5-12-6-4-11-7-9(8)12/h3-7H,2H2,1H3. The Hall–Kier alpha value is -1.84. The van der Waals surface area contributed by atoms with Gasteiger partial charge in [-0.1, -0.05) is 0 Å². The minimum absolute atomic E-state index is 0.303. The first-order chi connectivity index (χ1) is 6.83. The van der Waals surface area contributed by atoms with Crippen molar-refractivity contribution >= 4 is 11.5 Å². The van der Waals surface area contributed by atoms with E-state index in [1.807, 2.05) is 10.6 Å². The fourth-order valence-corrected chi connectivity index (χ4v) is 1.33. The second-order valence-electron chi connectivity index (χ2n) is 2.82. The number of fused-ring (bicyclic) bond motifs is 1. The third-order valence-corrected chi connectivity index (χ3v) is 1.96. The molecule has 0 fully saturated rings. The van der Waals surface area contributed by atoms with E-state index in [1.54, 1.807) is 31.6 Å². The Morgan fingerprint density at radius 3 is 3.21 bits per heavy atom. The van der Waals surface area contributed by atoms with Gasteiger partial charge in [-0.25, -0.2) is 4.79 Å². The fourth-order valence-electron chi connectivity index (χ4n) is 1.33. The van der Waals surface area contributed by atoms with Crippen LogP contribution in [-0.4, -0.2) is 22.0 Å². The number of ether oxygens (including phenoxy) is 1. The molecule has 0 aromatic carbocycles. The Morgan fingerprint density at radius 1 is 1.57 bits per heavy atom. The molecule has 4 nitrogen and oxygen atoms in total. The molecule has 2 aromatic rings. The third kappa shape index (κ3) is 1.35. The van der Waals surface area contributed by atoms with Gasteiger partial charge < -0.3 is 9.14 Å². The number of hydrogen-bond acceptors (Lipinski definition) is 3. The number of carbonyl (C=O) groups excluding carboxylic acids is 1. The van der Waals surface area contributed by atoms with Crippen LogP contribution in [0.25, 0.3) is 5.52 Å². The zero-order chi connectivity index (χ0) is 9.97. The van der Waals surface area contributed by atoms with E-state index in [-0.39, 0.29) is 5.97 Å². The normalized spacial score (nSPS) is 10.4. The summed E-state index contributed by atoms with van der Waals surface area (Å²) < 4.78 is 6.75. The summed E-state index contributed by atoms with van der Waals surface area (Å²) in [6, 6.07) is 1.73. The molecule has 0 spiro atoms. The molecular weight excluding hydrogens is 180 g/mol. The highest BCUT2D eigenvalue weighted by molar-refractivity contribution is 5.97.